The van der Waals surface area contributed by atoms with Gasteiger partial charge in [0.2, 0.25) is 5.91 Å². The molecule has 0 unspecified atom stereocenters. The van der Waals surface area contributed by atoms with Crippen LogP contribution in [0.2, 0.25) is 0 Å². The second-order valence-electron chi connectivity index (χ2n) is 6.00. The molecule has 8 heteroatoms. The fraction of sp³-hybridized carbons (Fsp3) is 0.286. The standard InChI is InChI=1S/C21H22FNO5S/c1-3-27-18-10-4-15(5-11-18)19(24)12-28-21(26)14(2)29-13-20(25)23-17-8-6-16(22)7-9-17/h4-11,14H,3,12-13H2,1-2H3,(H,23,25)/t14-/m0/s1. The van der Waals surface area contributed by atoms with Gasteiger partial charge in [-0.25, -0.2) is 4.39 Å². The number of ether oxygens (including phenoxy) is 2. The van der Waals surface area contributed by atoms with Gasteiger partial charge in [0, 0.05) is 11.3 Å². The molecule has 0 fully saturated rings. The Morgan fingerprint density at radius 3 is 2.34 bits per heavy atom. The number of thioether (sulfide) groups is 1. The van der Waals surface area contributed by atoms with Crippen LogP contribution in [-0.4, -0.2) is 41.9 Å². The predicted octanol–water partition coefficient (Wildman–Crippen LogP) is 3.71. The zero-order valence-electron chi connectivity index (χ0n) is 16.1. The summed E-state index contributed by atoms with van der Waals surface area (Å²) in [7, 11) is 0. The number of anilines is 1. The molecule has 0 saturated heterocycles. The quantitative estimate of drug-likeness (QED) is 0.467. The van der Waals surface area contributed by atoms with Crippen LogP contribution in [-0.2, 0) is 14.3 Å². The SMILES string of the molecule is CCOc1ccc(C(=O)COC(=O)[C@H](C)SCC(=O)Nc2ccc(F)cc2)cc1. The van der Waals surface area contributed by atoms with Gasteiger partial charge in [-0.05, 0) is 62.4 Å². The molecule has 154 valence electrons. The molecule has 1 N–H and O–H groups in total. The molecule has 0 bridgehead atoms. The third kappa shape index (κ3) is 7.57. The number of rotatable bonds is 10. The van der Waals surface area contributed by atoms with E-state index < -0.39 is 17.0 Å². The molecule has 0 aliphatic heterocycles. The van der Waals surface area contributed by atoms with Crippen molar-refractivity contribution in [1.82, 2.24) is 0 Å². The van der Waals surface area contributed by atoms with Gasteiger partial charge in [0.05, 0.1) is 12.4 Å². The molecule has 2 aromatic carbocycles. The summed E-state index contributed by atoms with van der Waals surface area (Å²) in [6.07, 6.45) is 0. The average Bonchev–Trinajstić information content (AvgIpc) is 2.72. The van der Waals surface area contributed by atoms with Crippen LogP contribution in [0.15, 0.2) is 48.5 Å². The molecule has 0 aliphatic carbocycles. The zero-order valence-corrected chi connectivity index (χ0v) is 17.0. The Morgan fingerprint density at radius 2 is 1.72 bits per heavy atom. The number of nitrogens with one attached hydrogen (secondary N) is 1. The molecule has 6 nitrogen and oxygen atoms in total. The number of Topliss-reactive ketones (excluding diaryl/α,β-unsaturated/α-hetero) is 1. The highest BCUT2D eigenvalue weighted by Crippen LogP contribution is 2.15. The van der Waals surface area contributed by atoms with Gasteiger partial charge in [-0.2, -0.15) is 0 Å². The molecule has 1 amide bonds. The maximum atomic E-state index is 12.9. The molecular weight excluding hydrogens is 397 g/mol. The summed E-state index contributed by atoms with van der Waals surface area (Å²) >= 11 is 1.08. The smallest absolute Gasteiger partial charge is 0.319 e. The van der Waals surface area contributed by atoms with E-state index in [2.05, 4.69) is 5.32 Å². The number of hydrogen-bond donors (Lipinski definition) is 1. The number of amides is 1. The number of benzene rings is 2. The van der Waals surface area contributed by atoms with Gasteiger partial charge < -0.3 is 14.8 Å². The average molecular weight is 419 g/mol. The van der Waals surface area contributed by atoms with E-state index in [0.29, 0.717) is 23.6 Å². The third-order valence-electron chi connectivity index (χ3n) is 3.76. The van der Waals surface area contributed by atoms with Crippen molar-refractivity contribution in [2.24, 2.45) is 0 Å². The minimum Gasteiger partial charge on any atom is -0.494 e. The molecule has 0 radical (unpaired) electrons. The van der Waals surface area contributed by atoms with Crippen LogP contribution in [0.3, 0.4) is 0 Å². The van der Waals surface area contributed by atoms with Gasteiger partial charge in [-0.1, -0.05) is 0 Å². The van der Waals surface area contributed by atoms with Gasteiger partial charge >= 0.3 is 5.97 Å². The first-order valence-corrected chi connectivity index (χ1v) is 10.0. The Kier molecular flexibility index (Phi) is 8.67. The topological polar surface area (TPSA) is 81.7 Å². The highest BCUT2D eigenvalue weighted by molar-refractivity contribution is 8.01. The van der Waals surface area contributed by atoms with Gasteiger partial charge in [0.25, 0.3) is 0 Å². The number of halogens is 1. The highest BCUT2D eigenvalue weighted by Gasteiger charge is 2.18. The molecular formula is C21H22FNO5S. The first kappa shape index (κ1) is 22.4. The van der Waals surface area contributed by atoms with Crippen molar-refractivity contribution in [3.8, 4) is 5.75 Å². The Hall–Kier alpha value is -2.87. The monoisotopic (exact) mass is 419 g/mol. The number of hydrogen-bond acceptors (Lipinski definition) is 6. The second kappa shape index (κ2) is 11.2. The largest absolute Gasteiger partial charge is 0.494 e. The lowest BCUT2D eigenvalue weighted by Gasteiger charge is -2.11. The molecule has 0 aliphatic rings. The van der Waals surface area contributed by atoms with Gasteiger partial charge in [-0.15, -0.1) is 11.8 Å². The van der Waals surface area contributed by atoms with Crippen molar-refractivity contribution in [3.05, 3.63) is 59.9 Å². The minimum atomic E-state index is -0.623. The molecule has 2 rings (SSSR count). The maximum Gasteiger partial charge on any atom is 0.319 e. The summed E-state index contributed by atoms with van der Waals surface area (Å²) in [5.74, 6) is -0.956. The molecule has 0 spiro atoms. The molecule has 1 atom stereocenters. The van der Waals surface area contributed by atoms with E-state index in [1.165, 1.54) is 24.3 Å². The van der Waals surface area contributed by atoms with Crippen molar-refractivity contribution in [1.29, 1.82) is 0 Å². The lowest BCUT2D eigenvalue weighted by Crippen LogP contribution is -2.23. The highest BCUT2D eigenvalue weighted by atomic mass is 32.2. The van der Waals surface area contributed by atoms with Crippen molar-refractivity contribution >= 4 is 35.1 Å². The maximum absolute atomic E-state index is 12.9. The number of ketones is 1. The minimum absolute atomic E-state index is 0.0144. The molecule has 0 heterocycles. The number of carbonyl (C=O) groups excluding carboxylic acids is 3. The van der Waals surface area contributed by atoms with E-state index >= 15 is 0 Å². The Morgan fingerprint density at radius 1 is 1.07 bits per heavy atom. The van der Waals surface area contributed by atoms with E-state index in [1.807, 2.05) is 6.92 Å². The Bertz CT molecular complexity index is 839. The van der Waals surface area contributed by atoms with Gasteiger partial charge in [0.15, 0.2) is 12.4 Å². The fourth-order valence-corrected chi connectivity index (χ4v) is 2.92. The summed E-state index contributed by atoms with van der Waals surface area (Å²) in [6, 6.07) is 11.9. The van der Waals surface area contributed by atoms with Crippen molar-refractivity contribution < 1.29 is 28.2 Å². The van der Waals surface area contributed by atoms with E-state index in [-0.39, 0.29) is 24.1 Å². The van der Waals surface area contributed by atoms with E-state index in [4.69, 9.17) is 9.47 Å². The summed E-state index contributed by atoms with van der Waals surface area (Å²) in [5, 5.41) is 1.98. The predicted molar refractivity (Wildman–Crippen MR) is 110 cm³/mol. The van der Waals surface area contributed by atoms with Crippen molar-refractivity contribution in [2.45, 2.75) is 19.1 Å². The van der Waals surface area contributed by atoms with E-state index in [9.17, 15) is 18.8 Å². The first-order valence-electron chi connectivity index (χ1n) is 8.98. The Labute approximate surface area is 172 Å². The van der Waals surface area contributed by atoms with E-state index in [0.717, 1.165) is 11.8 Å². The van der Waals surface area contributed by atoms with Crippen LogP contribution < -0.4 is 10.1 Å². The molecule has 2 aromatic rings. The fourth-order valence-electron chi connectivity index (χ4n) is 2.24. The first-order chi connectivity index (χ1) is 13.9. The van der Waals surface area contributed by atoms with Crippen LogP contribution >= 0.6 is 11.8 Å². The summed E-state index contributed by atoms with van der Waals surface area (Å²) in [5.41, 5.74) is 0.883. The van der Waals surface area contributed by atoms with E-state index in [1.54, 1.807) is 31.2 Å². The molecule has 0 saturated carbocycles. The van der Waals surface area contributed by atoms with Crippen molar-refractivity contribution in [2.75, 3.05) is 24.3 Å². The summed E-state index contributed by atoms with van der Waals surface area (Å²) in [4.78, 5) is 36.1. The molecule has 0 aromatic heterocycles. The Balaban J connectivity index is 1.73. The number of esters is 1. The zero-order chi connectivity index (χ0) is 21.2. The lowest BCUT2D eigenvalue weighted by molar-refractivity contribution is -0.141. The number of carbonyl (C=O) groups is 3. The normalized spacial score (nSPS) is 11.4. The third-order valence-corrected chi connectivity index (χ3v) is 4.88. The summed E-state index contributed by atoms with van der Waals surface area (Å²) < 4.78 is 23.2. The van der Waals surface area contributed by atoms with Crippen LogP contribution in [0.4, 0.5) is 10.1 Å². The lowest BCUT2D eigenvalue weighted by atomic mass is 10.1. The van der Waals surface area contributed by atoms with Crippen LogP contribution in [0.25, 0.3) is 0 Å². The van der Waals surface area contributed by atoms with Crippen LogP contribution in [0, 0.1) is 5.82 Å². The van der Waals surface area contributed by atoms with Crippen LogP contribution in [0.1, 0.15) is 24.2 Å². The van der Waals surface area contributed by atoms with Gasteiger partial charge in [-0.3, -0.25) is 14.4 Å². The second-order valence-corrected chi connectivity index (χ2v) is 7.33. The molecule has 29 heavy (non-hydrogen) atoms. The van der Waals surface area contributed by atoms with Crippen LogP contribution in [0.5, 0.6) is 5.75 Å². The summed E-state index contributed by atoms with van der Waals surface area (Å²) in [6.45, 7) is 3.62. The van der Waals surface area contributed by atoms with Gasteiger partial charge in [0.1, 0.15) is 16.8 Å². The van der Waals surface area contributed by atoms with Crippen molar-refractivity contribution in [3.63, 3.8) is 0 Å².